The summed E-state index contributed by atoms with van der Waals surface area (Å²) in [6.45, 7) is 6.64. The number of hydrogen-bond acceptors (Lipinski definition) is 3. The quantitative estimate of drug-likeness (QED) is 0.801. The SMILES string of the molecule is Cc1ccc(CNC(=O)Cc2noc3cc(C)c(C)cc23)cc1. The molecule has 0 saturated heterocycles. The Morgan fingerprint density at radius 1 is 1.09 bits per heavy atom. The molecular formula is C19H20N2O2. The van der Waals surface area contributed by atoms with Crippen molar-refractivity contribution in [2.24, 2.45) is 0 Å². The zero-order valence-corrected chi connectivity index (χ0v) is 13.6. The van der Waals surface area contributed by atoms with Gasteiger partial charge in [-0.3, -0.25) is 4.79 Å². The highest BCUT2D eigenvalue weighted by Crippen LogP contribution is 2.22. The Hall–Kier alpha value is -2.62. The van der Waals surface area contributed by atoms with Gasteiger partial charge in [-0.1, -0.05) is 35.0 Å². The molecule has 2 aromatic carbocycles. The van der Waals surface area contributed by atoms with Crippen molar-refractivity contribution in [3.8, 4) is 0 Å². The second kappa shape index (κ2) is 6.24. The van der Waals surface area contributed by atoms with E-state index in [0.29, 0.717) is 12.2 Å². The molecule has 1 amide bonds. The number of hydrogen-bond donors (Lipinski definition) is 1. The third kappa shape index (κ3) is 3.42. The molecule has 0 unspecified atom stereocenters. The van der Waals surface area contributed by atoms with Gasteiger partial charge < -0.3 is 9.84 Å². The maximum absolute atomic E-state index is 12.2. The van der Waals surface area contributed by atoms with E-state index < -0.39 is 0 Å². The maximum Gasteiger partial charge on any atom is 0.226 e. The number of carbonyl (C=O) groups excluding carboxylic acids is 1. The predicted molar refractivity (Wildman–Crippen MR) is 90.2 cm³/mol. The summed E-state index contributed by atoms with van der Waals surface area (Å²) in [6.07, 6.45) is 0.224. The van der Waals surface area contributed by atoms with E-state index in [-0.39, 0.29) is 12.3 Å². The standard InChI is InChI=1S/C19H20N2O2/c1-12-4-6-15(7-5-12)11-20-19(22)10-17-16-8-13(2)14(3)9-18(16)23-21-17/h4-9H,10-11H2,1-3H3,(H,20,22). The highest BCUT2D eigenvalue weighted by Gasteiger charge is 2.13. The fraction of sp³-hybridized carbons (Fsp3) is 0.263. The van der Waals surface area contributed by atoms with E-state index in [1.54, 1.807) is 0 Å². The van der Waals surface area contributed by atoms with Crippen molar-refractivity contribution in [1.82, 2.24) is 10.5 Å². The maximum atomic E-state index is 12.2. The monoisotopic (exact) mass is 308 g/mol. The average Bonchev–Trinajstić information content (AvgIpc) is 2.89. The smallest absolute Gasteiger partial charge is 0.226 e. The number of benzene rings is 2. The topological polar surface area (TPSA) is 55.1 Å². The minimum atomic E-state index is -0.0565. The Balaban J connectivity index is 1.68. The van der Waals surface area contributed by atoms with Crippen LogP contribution in [0, 0.1) is 20.8 Å². The van der Waals surface area contributed by atoms with Crippen LogP contribution in [0.1, 0.15) is 27.9 Å². The van der Waals surface area contributed by atoms with Gasteiger partial charge in [-0.15, -0.1) is 0 Å². The van der Waals surface area contributed by atoms with Crippen molar-refractivity contribution in [2.75, 3.05) is 0 Å². The van der Waals surface area contributed by atoms with Crippen LogP contribution in [0.2, 0.25) is 0 Å². The Bertz CT molecular complexity index is 848. The number of rotatable bonds is 4. The molecule has 0 saturated carbocycles. The van der Waals surface area contributed by atoms with Crippen molar-refractivity contribution >= 4 is 16.9 Å². The van der Waals surface area contributed by atoms with Crippen LogP contribution >= 0.6 is 0 Å². The highest BCUT2D eigenvalue weighted by molar-refractivity contribution is 5.87. The van der Waals surface area contributed by atoms with Crippen molar-refractivity contribution in [3.63, 3.8) is 0 Å². The minimum Gasteiger partial charge on any atom is -0.356 e. The lowest BCUT2D eigenvalue weighted by Gasteiger charge is -2.05. The molecular weight excluding hydrogens is 288 g/mol. The summed E-state index contributed by atoms with van der Waals surface area (Å²) in [7, 11) is 0. The number of aromatic nitrogens is 1. The second-order valence-electron chi connectivity index (χ2n) is 6.00. The second-order valence-corrected chi connectivity index (χ2v) is 6.00. The largest absolute Gasteiger partial charge is 0.356 e. The highest BCUT2D eigenvalue weighted by atomic mass is 16.5. The normalized spacial score (nSPS) is 10.9. The van der Waals surface area contributed by atoms with Crippen LogP contribution in [0.3, 0.4) is 0 Å². The first kappa shape index (κ1) is 15.3. The van der Waals surface area contributed by atoms with E-state index in [2.05, 4.69) is 10.5 Å². The van der Waals surface area contributed by atoms with E-state index in [4.69, 9.17) is 4.52 Å². The van der Waals surface area contributed by atoms with Crippen LogP contribution in [0.15, 0.2) is 40.9 Å². The fourth-order valence-corrected chi connectivity index (χ4v) is 2.49. The first-order valence-electron chi connectivity index (χ1n) is 7.70. The Morgan fingerprint density at radius 2 is 1.78 bits per heavy atom. The third-order valence-corrected chi connectivity index (χ3v) is 4.10. The first-order chi connectivity index (χ1) is 11.0. The molecule has 23 heavy (non-hydrogen) atoms. The van der Waals surface area contributed by atoms with Gasteiger partial charge in [0.25, 0.3) is 0 Å². The number of carbonyl (C=O) groups is 1. The lowest BCUT2D eigenvalue weighted by Crippen LogP contribution is -2.24. The Morgan fingerprint density at radius 3 is 2.52 bits per heavy atom. The molecule has 118 valence electrons. The van der Waals surface area contributed by atoms with E-state index in [1.807, 2.05) is 57.2 Å². The van der Waals surface area contributed by atoms with Gasteiger partial charge >= 0.3 is 0 Å². The molecule has 4 heteroatoms. The number of nitrogens with one attached hydrogen (secondary N) is 1. The van der Waals surface area contributed by atoms with Crippen LogP contribution in [0.4, 0.5) is 0 Å². The van der Waals surface area contributed by atoms with Gasteiger partial charge in [-0.25, -0.2) is 0 Å². The van der Waals surface area contributed by atoms with E-state index in [0.717, 1.165) is 22.1 Å². The number of nitrogens with zero attached hydrogens (tertiary/aromatic N) is 1. The molecule has 1 heterocycles. The molecule has 1 aromatic heterocycles. The lowest BCUT2D eigenvalue weighted by atomic mass is 10.1. The van der Waals surface area contributed by atoms with Crippen LogP contribution in [-0.2, 0) is 17.8 Å². The zero-order valence-electron chi connectivity index (χ0n) is 13.6. The average molecular weight is 308 g/mol. The molecule has 0 fully saturated rings. The molecule has 0 aliphatic rings. The van der Waals surface area contributed by atoms with Crippen molar-refractivity contribution in [2.45, 2.75) is 33.7 Å². The number of amides is 1. The van der Waals surface area contributed by atoms with Gasteiger partial charge in [0.2, 0.25) is 5.91 Å². The number of aryl methyl sites for hydroxylation is 3. The van der Waals surface area contributed by atoms with E-state index in [9.17, 15) is 4.79 Å². The Kier molecular flexibility index (Phi) is 4.15. The molecule has 0 radical (unpaired) electrons. The minimum absolute atomic E-state index is 0.0565. The molecule has 0 bridgehead atoms. The van der Waals surface area contributed by atoms with Crippen molar-refractivity contribution in [3.05, 3.63) is 64.3 Å². The molecule has 0 aliphatic heterocycles. The van der Waals surface area contributed by atoms with Gasteiger partial charge in [-0.2, -0.15) is 0 Å². The van der Waals surface area contributed by atoms with E-state index >= 15 is 0 Å². The van der Waals surface area contributed by atoms with Crippen molar-refractivity contribution in [1.29, 1.82) is 0 Å². The van der Waals surface area contributed by atoms with Crippen LogP contribution in [0.5, 0.6) is 0 Å². The van der Waals surface area contributed by atoms with Crippen LogP contribution in [0.25, 0.3) is 11.0 Å². The summed E-state index contributed by atoms with van der Waals surface area (Å²) in [6, 6.07) is 12.1. The van der Waals surface area contributed by atoms with Crippen LogP contribution in [-0.4, -0.2) is 11.1 Å². The molecule has 1 N–H and O–H groups in total. The summed E-state index contributed by atoms with van der Waals surface area (Å²) >= 11 is 0. The van der Waals surface area contributed by atoms with Gasteiger partial charge in [0.05, 0.1) is 6.42 Å². The van der Waals surface area contributed by atoms with Gasteiger partial charge in [0.1, 0.15) is 5.69 Å². The number of fused-ring (bicyclic) bond motifs is 1. The van der Waals surface area contributed by atoms with Crippen molar-refractivity contribution < 1.29 is 9.32 Å². The molecule has 0 atom stereocenters. The molecule has 3 aromatic rings. The molecule has 0 aliphatic carbocycles. The first-order valence-corrected chi connectivity index (χ1v) is 7.70. The van der Waals surface area contributed by atoms with Gasteiger partial charge in [-0.05, 0) is 49.6 Å². The zero-order chi connectivity index (χ0) is 16.4. The fourth-order valence-electron chi connectivity index (χ4n) is 2.49. The summed E-state index contributed by atoms with van der Waals surface area (Å²) in [5.41, 5.74) is 6.03. The van der Waals surface area contributed by atoms with Gasteiger partial charge in [0.15, 0.2) is 5.58 Å². The summed E-state index contributed by atoms with van der Waals surface area (Å²) < 4.78 is 5.33. The van der Waals surface area contributed by atoms with E-state index in [1.165, 1.54) is 11.1 Å². The lowest BCUT2D eigenvalue weighted by molar-refractivity contribution is -0.120. The third-order valence-electron chi connectivity index (χ3n) is 4.10. The summed E-state index contributed by atoms with van der Waals surface area (Å²) in [4.78, 5) is 12.2. The molecule has 4 nitrogen and oxygen atoms in total. The molecule has 0 spiro atoms. The molecule has 3 rings (SSSR count). The summed E-state index contributed by atoms with van der Waals surface area (Å²) in [5, 5.41) is 7.89. The van der Waals surface area contributed by atoms with Gasteiger partial charge in [0, 0.05) is 11.9 Å². The predicted octanol–water partition coefficient (Wildman–Crippen LogP) is 3.61. The summed E-state index contributed by atoms with van der Waals surface area (Å²) in [5.74, 6) is -0.0565. The Labute approximate surface area is 135 Å². The van der Waals surface area contributed by atoms with Crippen LogP contribution < -0.4 is 5.32 Å².